The Bertz CT molecular complexity index is 746. The molecule has 1 amide bonds. The first-order valence-electron chi connectivity index (χ1n) is 7.27. The first-order chi connectivity index (χ1) is 10.7. The predicted molar refractivity (Wildman–Crippen MR) is 80.4 cm³/mol. The fourth-order valence-electron chi connectivity index (χ4n) is 2.47. The summed E-state index contributed by atoms with van der Waals surface area (Å²) in [4.78, 5) is 26.2. The SMILES string of the molecule is CCOc1cccc2cc(C(=O)N3CCOCC3)c(=O)oc12. The third kappa shape index (κ3) is 2.69. The molecule has 6 heteroatoms. The van der Waals surface area contributed by atoms with E-state index in [9.17, 15) is 9.59 Å². The van der Waals surface area contributed by atoms with Crippen molar-refractivity contribution in [3.63, 3.8) is 0 Å². The summed E-state index contributed by atoms with van der Waals surface area (Å²) in [6.45, 7) is 4.26. The summed E-state index contributed by atoms with van der Waals surface area (Å²) in [5.74, 6) is 0.184. The van der Waals surface area contributed by atoms with Gasteiger partial charge >= 0.3 is 5.63 Å². The van der Waals surface area contributed by atoms with Crippen molar-refractivity contribution in [2.45, 2.75) is 6.92 Å². The smallest absolute Gasteiger partial charge is 0.349 e. The van der Waals surface area contributed by atoms with Gasteiger partial charge in [-0.15, -0.1) is 0 Å². The number of hydrogen-bond donors (Lipinski definition) is 0. The van der Waals surface area contributed by atoms with Crippen molar-refractivity contribution < 1.29 is 18.7 Å². The van der Waals surface area contributed by atoms with E-state index < -0.39 is 5.63 Å². The molecule has 1 aromatic heterocycles. The second-order valence-electron chi connectivity index (χ2n) is 4.96. The van der Waals surface area contributed by atoms with Crippen molar-refractivity contribution in [1.29, 1.82) is 0 Å². The van der Waals surface area contributed by atoms with Crippen LogP contribution in [0.4, 0.5) is 0 Å². The average molecular weight is 303 g/mol. The lowest BCUT2D eigenvalue weighted by Gasteiger charge is -2.26. The van der Waals surface area contributed by atoms with E-state index in [1.165, 1.54) is 0 Å². The van der Waals surface area contributed by atoms with Crippen LogP contribution in [0, 0.1) is 0 Å². The van der Waals surface area contributed by atoms with E-state index in [0.717, 1.165) is 0 Å². The maximum Gasteiger partial charge on any atom is 0.349 e. The van der Waals surface area contributed by atoms with E-state index in [1.807, 2.05) is 6.92 Å². The minimum atomic E-state index is -0.642. The molecule has 0 bridgehead atoms. The summed E-state index contributed by atoms with van der Waals surface area (Å²) in [5, 5.41) is 0.669. The topological polar surface area (TPSA) is 69.0 Å². The Morgan fingerprint density at radius 1 is 1.32 bits per heavy atom. The number of hydrogen-bond acceptors (Lipinski definition) is 5. The van der Waals surface area contributed by atoms with Gasteiger partial charge in [-0.2, -0.15) is 0 Å². The zero-order valence-corrected chi connectivity index (χ0v) is 12.3. The predicted octanol–water partition coefficient (Wildman–Crippen LogP) is 1.66. The summed E-state index contributed by atoms with van der Waals surface area (Å²) >= 11 is 0. The minimum absolute atomic E-state index is 0.0445. The summed E-state index contributed by atoms with van der Waals surface area (Å²) in [7, 11) is 0. The molecule has 116 valence electrons. The van der Waals surface area contributed by atoms with E-state index >= 15 is 0 Å². The molecular formula is C16H17NO5. The van der Waals surface area contributed by atoms with Crippen molar-refractivity contribution in [3.8, 4) is 5.75 Å². The van der Waals surface area contributed by atoms with Crippen LogP contribution in [0.1, 0.15) is 17.3 Å². The van der Waals surface area contributed by atoms with Crippen molar-refractivity contribution in [3.05, 3.63) is 40.2 Å². The first kappa shape index (κ1) is 14.6. The Morgan fingerprint density at radius 3 is 2.82 bits per heavy atom. The molecule has 1 aliphatic rings. The fourth-order valence-corrected chi connectivity index (χ4v) is 2.47. The Labute approximate surface area is 127 Å². The highest BCUT2D eigenvalue weighted by atomic mass is 16.5. The lowest BCUT2D eigenvalue weighted by atomic mass is 10.1. The van der Waals surface area contributed by atoms with Gasteiger partial charge in [0.15, 0.2) is 11.3 Å². The average Bonchev–Trinajstić information content (AvgIpc) is 2.55. The fraction of sp³-hybridized carbons (Fsp3) is 0.375. The molecule has 1 aliphatic heterocycles. The number of para-hydroxylation sites is 1. The third-order valence-electron chi connectivity index (χ3n) is 3.55. The molecule has 2 aromatic rings. The van der Waals surface area contributed by atoms with Gasteiger partial charge in [-0.3, -0.25) is 4.79 Å². The molecule has 0 aliphatic carbocycles. The monoisotopic (exact) mass is 303 g/mol. The quantitative estimate of drug-likeness (QED) is 0.807. The minimum Gasteiger partial charge on any atom is -0.490 e. The summed E-state index contributed by atoms with van der Waals surface area (Å²) < 4.78 is 16.0. The second-order valence-corrected chi connectivity index (χ2v) is 4.96. The molecule has 0 unspecified atom stereocenters. The van der Waals surface area contributed by atoms with Gasteiger partial charge in [-0.05, 0) is 19.1 Å². The number of morpholine rings is 1. The molecule has 1 fully saturated rings. The van der Waals surface area contributed by atoms with Crippen LogP contribution < -0.4 is 10.4 Å². The van der Waals surface area contributed by atoms with Crippen LogP contribution in [-0.4, -0.2) is 43.7 Å². The standard InChI is InChI=1S/C16H17NO5/c1-2-21-13-5-3-4-11-10-12(16(19)22-14(11)13)15(18)17-6-8-20-9-7-17/h3-5,10H,2,6-9H2,1H3. The van der Waals surface area contributed by atoms with E-state index in [-0.39, 0.29) is 11.5 Å². The Balaban J connectivity index is 2.02. The zero-order chi connectivity index (χ0) is 15.5. The third-order valence-corrected chi connectivity index (χ3v) is 3.55. The van der Waals surface area contributed by atoms with Gasteiger partial charge in [-0.1, -0.05) is 12.1 Å². The second kappa shape index (κ2) is 6.19. The highest BCUT2D eigenvalue weighted by molar-refractivity contribution is 5.97. The van der Waals surface area contributed by atoms with Crippen LogP contribution in [0.3, 0.4) is 0 Å². The molecule has 0 radical (unpaired) electrons. The highest BCUT2D eigenvalue weighted by Crippen LogP contribution is 2.25. The molecule has 0 atom stereocenters. The molecule has 2 heterocycles. The van der Waals surface area contributed by atoms with Gasteiger partial charge in [0.1, 0.15) is 5.56 Å². The van der Waals surface area contributed by atoms with Crippen LogP contribution in [0.25, 0.3) is 11.0 Å². The maximum absolute atomic E-state index is 12.5. The highest BCUT2D eigenvalue weighted by Gasteiger charge is 2.23. The van der Waals surface area contributed by atoms with Crippen LogP contribution >= 0.6 is 0 Å². The van der Waals surface area contributed by atoms with Gasteiger partial charge in [-0.25, -0.2) is 4.79 Å². The van der Waals surface area contributed by atoms with Gasteiger partial charge in [0.25, 0.3) is 5.91 Å². The molecule has 6 nitrogen and oxygen atoms in total. The van der Waals surface area contributed by atoms with Crippen LogP contribution in [0.2, 0.25) is 0 Å². The number of fused-ring (bicyclic) bond motifs is 1. The Morgan fingerprint density at radius 2 is 2.09 bits per heavy atom. The Hall–Kier alpha value is -2.34. The lowest BCUT2D eigenvalue weighted by molar-refractivity contribution is 0.0300. The molecule has 0 N–H and O–H groups in total. The maximum atomic E-state index is 12.5. The van der Waals surface area contributed by atoms with Crippen molar-refractivity contribution in [1.82, 2.24) is 4.90 Å². The van der Waals surface area contributed by atoms with E-state index in [1.54, 1.807) is 29.2 Å². The van der Waals surface area contributed by atoms with Gasteiger partial charge < -0.3 is 18.8 Å². The van der Waals surface area contributed by atoms with Crippen molar-refractivity contribution in [2.24, 2.45) is 0 Å². The van der Waals surface area contributed by atoms with E-state index in [2.05, 4.69) is 0 Å². The van der Waals surface area contributed by atoms with Crippen LogP contribution in [0.5, 0.6) is 5.75 Å². The number of rotatable bonds is 3. The Kier molecular flexibility index (Phi) is 4.11. The van der Waals surface area contributed by atoms with E-state index in [4.69, 9.17) is 13.9 Å². The first-order valence-corrected chi connectivity index (χ1v) is 7.27. The number of carbonyl (C=O) groups excluding carboxylic acids is 1. The molecule has 0 saturated carbocycles. The lowest BCUT2D eigenvalue weighted by Crippen LogP contribution is -2.42. The molecule has 1 aromatic carbocycles. The van der Waals surface area contributed by atoms with Crippen LogP contribution in [0.15, 0.2) is 33.5 Å². The molecule has 0 spiro atoms. The number of benzene rings is 1. The molecule has 1 saturated heterocycles. The van der Waals surface area contributed by atoms with E-state index in [0.29, 0.717) is 49.6 Å². The summed E-state index contributed by atoms with van der Waals surface area (Å²) in [6, 6.07) is 6.90. The molecule has 22 heavy (non-hydrogen) atoms. The number of amides is 1. The van der Waals surface area contributed by atoms with Gasteiger partial charge in [0, 0.05) is 18.5 Å². The molecular weight excluding hydrogens is 286 g/mol. The number of ether oxygens (including phenoxy) is 2. The number of nitrogens with zero attached hydrogens (tertiary/aromatic N) is 1. The van der Waals surface area contributed by atoms with Gasteiger partial charge in [0.05, 0.1) is 19.8 Å². The normalized spacial score (nSPS) is 15.0. The van der Waals surface area contributed by atoms with Crippen molar-refractivity contribution in [2.75, 3.05) is 32.9 Å². The van der Waals surface area contributed by atoms with Gasteiger partial charge in [0.2, 0.25) is 0 Å². The van der Waals surface area contributed by atoms with Crippen molar-refractivity contribution >= 4 is 16.9 Å². The number of carbonyl (C=O) groups is 1. The molecule has 3 rings (SSSR count). The largest absolute Gasteiger partial charge is 0.490 e. The zero-order valence-electron chi connectivity index (χ0n) is 12.3. The summed E-state index contributed by atoms with van der Waals surface area (Å²) in [5.41, 5.74) is -0.230. The van der Waals surface area contributed by atoms with Crippen LogP contribution in [-0.2, 0) is 4.74 Å². The summed E-state index contributed by atoms with van der Waals surface area (Å²) in [6.07, 6.45) is 0.